The van der Waals surface area contributed by atoms with Crippen LogP contribution >= 0.6 is 0 Å². The second-order valence-electron chi connectivity index (χ2n) is 4.75. The van der Waals surface area contributed by atoms with Crippen LogP contribution in [0.15, 0.2) is 0 Å². The van der Waals surface area contributed by atoms with Crippen LogP contribution in [0.2, 0.25) is 0 Å². The van der Waals surface area contributed by atoms with Gasteiger partial charge in [-0.2, -0.15) is 0 Å². The van der Waals surface area contributed by atoms with E-state index in [4.69, 9.17) is 9.47 Å². The summed E-state index contributed by atoms with van der Waals surface area (Å²) in [5.74, 6) is 0.661. The Morgan fingerprint density at radius 1 is 1.56 bits per heavy atom. The van der Waals surface area contributed by atoms with Crippen molar-refractivity contribution in [1.29, 1.82) is 0 Å². The number of fused-ring (bicyclic) bond motifs is 1. The van der Waals surface area contributed by atoms with Gasteiger partial charge >= 0.3 is 0 Å². The Morgan fingerprint density at radius 3 is 3.12 bits per heavy atom. The molecule has 0 aromatic carbocycles. The second kappa shape index (κ2) is 5.15. The third kappa shape index (κ3) is 2.55. The smallest absolute Gasteiger partial charge is 0.248 e. The molecule has 2 fully saturated rings. The first kappa shape index (κ1) is 11.9. The van der Waals surface area contributed by atoms with Gasteiger partial charge < -0.3 is 14.4 Å². The Bertz CT molecular complexity index is 257. The number of carbonyl (C=O) groups is 1. The number of nitrogens with zero attached hydrogens (tertiary/aromatic N) is 1. The van der Waals surface area contributed by atoms with Gasteiger partial charge in [-0.3, -0.25) is 4.79 Å². The molecule has 2 aliphatic heterocycles. The number of hydrogen-bond donors (Lipinski definition) is 0. The number of carbonyl (C=O) groups excluding carboxylic acids is 1. The van der Waals surface area contributed by atoms with Crippen molar-refractivity contribution >= 4 is 5.91 Å². The van der Waals surface area contributed by atoms with Crippen molar-refractivity contribution in [2.45, 2.75) is 38.9 Å². The molecule has 0 radical (unpaired) electrons. The van der Waals surface area contributed by atoms with Crippen molar-refractivity contribution in [2.24, 2.45) is 5.92 Å². The van der Waals surface area contributed by atoms with Crippen LogP contribution in [0.3, 0.4) is 0 Å². The molecule has 4 nitrogen and oxygen atoms in total. The van der Waals surface area contributed by atoms with Crippen LogP contribution in [0.4, 0.5) is 0 Å². The number of piperidine rings is 1. The maximum atomic E-state index is 11.8. The van der Waals surface area contributed by atoms with E-state index in [0.29, 0.717) is 24.7 Å². The largest absolute Gasteiger partial charge is 0.375 e. The molecule has 0 spiro atoms. The minimum absolute atomic E-state index is 0.125. The lowest BCUT2D eigenvalue weighted by Crippen LogP contribution is -2.45. The zero-order valence-electron chi connectivity index (χ0n) is 10.1. The first-order valence-electron chi connectivity index (χ1n) is 6.21. The van der Waals surface area contributed by atoms with E-state index in [2.05, 4.69) is 6.92 Å². The summed E-state index contributed by atoms with van der Waals surface area (Å²) in [7, 11) is 0. The number of ether oxygens (including phenoxy) is 2. The Kier molecular flexibility index (Phi) is 3.82. The summed E-state index contributed by atoms with van der Waals surface area (Å²) in [6.07, 6.45) is 2.80. The molecule has 1 amide bonds. The minimum Gasteiger partial charge on any atom is -0.375 e. The van der Waals surface area contributed by atoms with Crippen LogP contribution in [0.25, 0.3) is 0 Å². The normalized spacial score (nSPS) is 33.9. The highest BCUT2D eigenvalue weighted by Gasteiger charge is 2.38. The third-order valence-electron chi connectivity index (χ3n) is 3.49. The fourth-order valence-electron chi connectivity index (χ4n) is 2.70. The van der Waals surface area contributed by atoms with Gasteiger partial charge in [0, 0.05) is 25.6 Å². The SMILES string of the molecule is CCOCC(=O)N1CC[C@@H]2O[C@H](C)C[C@@H]2C1. The zero-order valence-corrected chi connectivity index (χ0v) is 10.1. The first-order chi connectivity index (χ1) is 7.70. The average molecular weight is 227 g/mol. The van der Waals surface area contributed by atoms with Gasteiger partial charge in [-0.05, 0) is 26.7 Å². The summed E-state index contributed by atoms with van der Waals surface area (Å²) in [6, 6.07) is 0. The van der Waals surface area contributed by atoms with Gasteiger partial charge in [0.05, 0.1) is 12.2 Å². The molecule has 0 saturated carbocycles. The minimum atomic E-state index is 0.125. The lowest BCUT2D eigenvalue weighted by atomic mass is 9.93. The number of likely N-dealkylation sites (tertiary alicyclic amines) is 1. The molecule has 0 aliphatic carbocycles. The quantitative estimate of drug-likeness (QED) is 0.723. The highest BCUT2D eigenvalue weighted by atomic mass is 16.5. The molecular weight excluding hydrogens is 206 g/mol. The lowest BCUT2D eigenvalue weighted by molar-refractivity contribution is -0.139. The Labute approximate surface area is 96.9 Å². The van der Waals surface area contributed by atoms with E-state index in [1.165, 1.54) is 0 Å². The topological polar surface area (TPSA) is 38.8 Å². The van der Waals surface area contributed by atoms with Crippen molar-refractivity contribution < 1.29 is 14.3 Å². The van der Waals surface area contributed by atoms with Gasteiger partial charge in [0.2, 0.25) is 5.91 Å². The molecule has 16 heavy (non-hydrogen) atoms. The molecular formula is C12H21NO3. The standard InChI is InChI=1S/C12H21NO3/c1-3-15-8-12(14)13-5-4-11-10(7-13)6-9(2)16-11/h9-11H,3-8H2,1-2H3/t9-,10-,11+/m1/s1. The van der Waals surface area contributed by atoms with Crippen LogP contribution in [0.5, 0.6) is 0 Å². The summed E-state index contributed by atoms with van der Waals surface area (Å²) < 4.78 is 11.0. The second-order valence-corrected chi connectivity index (χ2v) is 4.75. The summed E-state index contributed by atoms with van der Waals surface area (Å²) >= 11 is 0. The van der Waals surface area contributed by atoms with Crippen LogP contribution in [0, 0.1) is 5.92 Å². The highest BCUT2D eigenvalue weighted by Crippen LogP contribution is 2.32. The maximum Gasteiger partial charge on any atom is 0.248 e. The highest BCUT2D eigenvalue weighted by molar-refractivity contribution is 5.77. The molecule has 0 bridgehead atoms. The van der Waals surface area contributed by atoms with Gasteiger partial charge in [0.25, 0.3) is 0 Å². The molecule has 2 aliphatic rings. The fourth-order valence-corrected chi connectivity index (χ4v) is 2.70. The van der Waals surface area contributed by atoms with E-state index >= 15 is 0 Å². The van der Waals surface area contributed by atoms with E-state index in [0.717, 1.165) is 25.9 Å². The fraction of sp³-hybridized carbons (Fsp3) is 0.917. The summed E-state index contributed by atoms with van der Waals surface area (Å²) in [6.45, 7) is 6.52. The molecule has 92 valence electrons. The molecule has 4 heteroatoms. The van der Waals surface area contributed by atoms with E-state index in [1.54, 1.807) is 0 Å². The monoisotopic (exact) mass is 227 g/mol. The number of hydrogen-bond acceptors (Lipinski definition) is 3. The van der Waals surface area contributed by atoms with Gasteiger partial charge in [-0.25, -0.2) is 0 Å². The average Bonchev–Trinajstić information content (AvgIpc) is 2.64. The molecule has 0 N–H and O–H groups in total. The molecule has 2 saturated heterocycles. The van der Waals surface area contributed by atoms with E-state index in [-0.39, 0.29) is 12.5 Å². The first-order valence-corrected chi connectivity index (χ1v) is 6.21. The van der Waals surface area contributed by atoms with E-state index < -0.39 is 0 Å². The number of amides is 1. The molecule has 0 unspecified atom stereocenters. The predicted molar refractivity (Wildman–Crippen MR) is 60.1 cm³/mol. The Hall–Kier alpha value is -0.610. The molecule has 0 aromatic rings. The van der Waals surface area contributed by atoms with Gasteiger partial charge in [0.15, 0.2) is 0 Å². The Balaban J connectivity index is 1.83. The molecule has 2 heterocycles. The van der Waals surface area contributed by atoms with E-state index in [1.807, 2.05) is 11.8 Å². The van der Waals surface area contributed by atoms with Crippen LogP contribution in [-0.4, -0.2) is 49.3 Å². The van der Waals surface area contributed by atoms with Crippen LogP contribution in [0.1, 0.15) is 26.7 Å². The van der Waals surface area contributed by atoms with Crippen molar-refractivity contribution in [3.05, 3.63) is 0 Å². The predicted octanol–water partition coefficient (Wildman–Crippen LogP) is 1.05. The molecule has 2 rings (SSSR count). The molecule has 0 aromatic heterocycles. The summed E-state index contributed by atoms with van der Waals surface area (Å²) in [5.41, 5.74) is 0. The van der Waals surface area contributed by atoms with Crippen molar-refractivity contribution in [2.75, 3.05) is 26.3 Å². The van der Waals surface area contributed by atoms with Crippen LogP contribution < -0.4 is 0 Å². The lowest BCUT2D eigenvalue weighted by Gasteiger charge is -2.34. The maximum absolute atomic E-state index is 11.8. The van der Waals surface area contributed by atoms with Crippen molar-refractivity contribution in [1.82, 2.24) is 4.90 Å². The van der Waals surface area contributed by atoms with Crippen molar-refractivity contribution in [3.8, 4) is 0 Å². The number of rotatable bonds is 3. The van der Waals surface area contributed by atoms with Crippen molar-refractivity contribution in [3.63, 3.8) is 0 Å². The van der Waals surface area contributed by atoms with Gasteiger partial charge in [-0.1, -0.05) is 0 Å². The van der Waals surface area contributed by atoms with Gasteiger partial charge in [0.1, 0.15) is 6.61 Å². The van der Waals surface area contributed by atoms with E-state index in [9.17, 15) is 4.79 Å². The third-order valence-corrected chi connectivity index (χ3v) is 3.49. The van der Waals surface area contributed by atoms with Gasteiger partial charge in [-0.15, -0.1) is 0 Å². The molecule has 3 atom stereocenters. The summed E-state index contributed by atoms with van der Waals surface area (Å²) in [4.78, 5) is 13.7. The zero-order chi connectivity index (χ0) is 11.5. The van der Waals surface area contributed by atoms with Crippen LogP contribution in [-0.2, 0) is 14.3 Å². The summed E-state index contributed by atoms with van der Waals surface area (Å²) in [5, 5.41) is 0. The Morgan fingerprint density at radius 2 is 2.38 bits per heavy atom.